The van der Waals surface area contributed by atoms with Crippen molar-refractivity contribution in [1.29, 1.82) is 5.26 Å². The maximum Gasteiger partial charge on any atom is 0.418 e. The molecule has 0 unspecified atom stereocenters. The summed E-state index contributed by atoms with van der Waals surface area (Å²) in [4.78, 5) is 38.1. The number of anilines is 1. The number of hydrogen-bond acceptors (Lipinski definition) is 9. The zero-order valence-corrected chi connectivity index (χ0v) is 27.6. The van der Waals surface area contributed by atoms with E-state index >= 15 is 0 Å². The van der Waals surface area contributed by atoms with Gasteiger partial charge < -0.3 is 14.7 Å². The Bertz CT molecular complexity index is 2240. The van der Waals surface area contributed by atoms with Gasteiger partial charge in [0, 0.05) is 59.9 Å². The lowest BCUT2D eigenvalue weighted by atomic mass is 10.00. The lowest BCUT2D eigenvalue weighted by Crippen LogP contribution is -2.48. The molecule has 0 atom stereocenters. The van der Waals surface area contributed by atoms with Gasteiger partial charge in [0.1, 0.15) is 24.3 Å². The van der Waals surface area contributed by atoms with Crippen LogP contribution in [0.5, 0.6) is 5.75 Å². The van der Waals surface area contributed by atoms with E-state index < -0.39 is 23.3 Å². The van der Waals surface area contributed by atoms with E-state index in [4.69, 9.17) is 16.3 Å². The first-order chi connectivity index (χ1) is 23.5. The van der Waals surface area contributed by atoms with Crippen molar-refractivity contribution in [2.45, 2.75) is 38.5 Å². The van der Waals surface area contributed by atoms with Gasteiger partial charge in [0.25, 0.3) is 5.56 Å². The summed E-state index contributed by atoms with van der Waals surface area (Å²) in [5.41, 5.74) is -0.784. The fourth-order valence-electron chi connectivity index (χ4n) is 6.53. The number of hydrogen-bond donors (Lipinski definition) is 1. The Kier molecular flexibility index (Phi) is 8.46. The molecule has 4 heterocycles. The summed E-state index contributed by atoms with van der Waals surface area (Å²) in [7, 11) is 0. The first-order valence-electron chi connectivity index (χ1n) is 15.5. The highest BCUT2D eigenvalue weighted by molar-refractivity contribution is 7.18. The predicted molar refractivity (Wildman–Crippen MR) is 180 cm³/mol. The first kappa shape index (κ1) is 32.8. The molecule has 2 aromatic carbocycles. The average molecular weight is 709 g/mol. The second-order valence-electron chi connectivity index (χ2n) is 12.0. The SMILES string of the molecule is Cc1nc2cc(C(F)(F)F)c(N3CCN(C4CC4)CC3)c(C#N)c2c(=O)n1CCOc1ccc(Cl)cc1-c1ccnc2c(C(=O)O)csc12. The van der Waals surface area contributed by atoms with E-state index in [0.29, 0.717) is 64.3 Å². The Morgan fingerprint density at radius 3 is 2.59 bits per heavy atom. The van der Waals surface area contributed by atoms with Gasteiger partial charge >= 0.3 is 12.1 Å². The van der Waals surface area contributed by atoms with E-state index in [-0.39, 0.29) is 46.7 Å². The molecule has 10 nitrogen and oxygen atoms in total. The molecule has 2 aliphatic rings. The summed E-state index contributed by atoms with van der Waals surface area (Å²) in [6, 6.07) is 9.98. The molecule has 1 saturated carbocycles. The van der Waals surface area contributed by atoms with E-state index in [1.165, 1.54) is 34.4 Å². The highest BCUT2D eigenvalue weighted by Gasteiger charge is 2.40. The zero-order chi connectivity index (χ0) is 34.6. The lowest BCUT2D eigenvalue weighted by molar-refractivity contribution is -0.137. The molecular weight excluding hydrogens is 681 g/mol. The molecule has 2 fully saturated rings. The summed E-state index contributed by atoms with van der Waals surface area (Å²) >= 11 is 7.57. The number of aromatic nitrogens is 3. The molecule has 1 aliphatic carbocycles. The Morgan fingerprint density at radius 1 is 1.16 bits per heavy atom. The molecule has 1 saturated heterocycles. The highest BCUT2D eigenvalue weighted by Crippen LogP contribution is 2.43. The Morgan fingerprint density at radius 2 is 1.92 bits per heavy atom. The number of carbonyl (C=O) groups is 1. The number of aryl methyl sites for hydroxylation is 1. The number of pyridine rings is 1. The molecular formula is C34H28ClF3N6O4S. The largest absolute Gasteiger partial charge is 0.491 e. The van der Waals surface area contributed by atoms with Crippen LogP contribution >= 0.6 is 22.9 Å². The molecule has 0 radical (unpaired) electrons. The third-order valence-corrected chi connectivity index (χ3v) is 10.2. The van der Waals surface area contributed by atoms with Crippen molar-refractivity contribution in [2.75, 3.05) is 37.7 Å². The van der Waals surface area contributed by atoms with Crippen molar-refractivity contribution in [3.8, 4) is 22.9 Å². The van der Waals surface area contributed by atoms with Gasteiger partial charge in [0.15, 0.2) is 0 Å². The van der Waals surface area contributed by atoms with Gasteiger partial charge in [-0.2, -0.15) is 18.4 Å². The van der Waals surface area contributed by atoms with E-state index in [0.717, 1.165) is 18.9 Å². The summed E-state index contributed by atoms with van der Waals surface area (Å²) in [6.45, 7) is 3.20. The maximum atomic E-state index is 14.5. The van der Waals surface area contributed by atoms with Crippen LogP contribution in [0, 0.1) is 18.3 Å². The maximum absolute atomic E-state index is 14.5. The van der Waals surface area contributed by atoms with E-state index in [2.05, 4.69) is 14.9 Å². The second-order valence-corrected chi connectivity index (χ2v) is 13.3. The number of rotatable bonds is 8. The van der Waals surface area contributed by atoms with Crippen LogP contribution < -0.4 is 15.2 Å². The number of nitrogens with zero attached hydrogens (tertiary/aromatic N) is 6. The number of halogens is 4. The molecule has 3 aromatic heterocycles. The third kappa shape index (κ3) is 6.07. The normalized spacial score (nSPS) is 15.6. The summed E-state index contributed by atoms with van der Waals surface area (Å²) in [5, 5.41) is 21.6. The number of piperazine rings is 1. The van der Waals surface area contributed by atoms with Crippen LogP contribution in [-0.2, 0) is 12.7 Å². The smallest absolute Gasteiger partial charge is 0.418 e. The first-order valence-corrected chi connectivity index (χ1v) is 16.8. The van der Waals surface area contributed by atoms with E-state index in [9.17, 15) is 33.1 Å². The fourth-order valence-corrected chi connectivity index (χ4v) is 7.73. The van der Waals surface area contributed by atoms with Crippen LogP contribution in [0.4, 0.5) is 18.9 Å². The summed E-state index contributed by atoms with van der Waals surface area (Å²) < 4.78 is 51.5. The van der Waals surface area contributed by atoms with Gasteiger partial charge in [-0.15, -0.1) is 11.3 Å². The fraction of sp³-hybridized carbons (Fsp3) is 0.324. The Hall–Kier alpha value is -4.71. The number of aromatic carboxylic acids is 1. The van der Waals surface area contributed by atoms with Crippen molar-refractivity contribution in [3.63, 3.8) is 0 Å². The van der Waals surface area contributed by atoms with Crippen molar-refractivity contribution >= 4 is 55.7 Å². The molecule has 0 spiro atoms. The van der Waals surface area contributed by atoms with Gasteiger partial charge in [-0.3, -0.25) is 19.2 Å². The van der Waals surface area contributed by atoms with E-state index in [1.807, 2.05) is 6.07 Å². The van der Waals surface area contributed by atoms with Crippen molar-refractivity contribution in [1.82, 2.24) is 19.4 Å². The van der Waals surface area contributed by atoms with Crippen LogP contribution in [0.25, 0.3) is 32.2 Å². The molecule has 15 heteroatoms. The number of thiophene rings is 1. The minimum absolute atomic E-state index is 0.0229. The lowest BCUT2D eigenvalue weighted by Gasteiger charge is -2.37. The van der Waals surface area contributed by atoms with Gasteiger partial charge in [-0.25, -0.2) is 9.78 Å². The van der Waals surface area contributed by atoms with Crippen LogP contribution in [0.2, 0.25) is 5.02 Å². The Labute approximate surface area is 286 Å². The standard InChI is InChI=1S/C34H28ClF3N6O4S/c1-18-41-26-15-25(34(36,37)38)30(43-10-8-42(9-11-43)20-3-4-20)23(16-39)28(26)32(45)44(18)12-13-48-27-5-2-19(35)14-22(27)21-6-7-40-29-24(33(46)47)17-49-31(21)29/h2,5-7,14-15,17,20H,3-4,8-13H2,1H3,(H,46,47). The van der Waals surface area contributed by atoms with Gasteiger partial charge in [-0.05, 0) is 50.1 Å². The van der Waals surface area contributed by atoms with Crippen molar-refractivity contribution in [2.24, 2.45) is 0 Å². The van der Waals surface area contributed by atoms with Crippen molar-refractivity contribution < 1.29 is 27.8 Å². The second kappa shape index (κ2) is 12.6. The number of carboxylic acids is 1. The Balaban J connectivity index is 1.23. The summed E-state index contributed by atoms with van der Waals surface area (Å²) in [5.74, 6) is -0.529. The zero-order valence-electron chi connectivity index (χ0n) is 26.1. The van der Waals surface area contributed by atoms with Gasteiger partial charge in [0.2, 0.25) is 0 Å². The minimum atomic E-state index is -4.77. The van der Waals surface area contributed by atoms with Gasteiger partial charge in [0.05, 0.1) is 50.0 Å². The molecule has 49 heavy (non-hydrogen) atoms. The van der Waals surface area contributed by atoms with E-state index in [1.54, 1.807) is 29.2 Å². The number of fused-ring (bicyclic) bond motifs is 2. The molecule has 1 N–H and O–H groups in total. The van der Waals surface area contributed by atoms with Gasteiger partial charge in [-0.1, -0.05) is 11.6 Å². The van der Waals surface area contributed by atoms with Crippen LogP contribution in [-0.4, -0.2) is 69.3 Å². The predicted octanol–water partition coefficient (Wildman–Crippen LogP) is 6.59. The molecule has 5 aromatic rings. The number of benzene rings is 2. The van der Waals surface area contributed by atoms with Crippen LogP contribution in [0.3, 0.4) is 0 Å². The molecule has 0 bridgehead atoms. The number of alkyl halides is 3. The van der Waals surface area contributed by atoms with Crippen LogP contribution in [0.15, 0.2) is 46.7 Å². The average Bonchev–Trinajstić information content (AvgIpc) is 3.83. The number of nitriles is 1. The summed E-state index contributed by atoms with van der Waals surface area (Å²) in [6.07, 6.45) is -1.10. The monoisotopic (exact) mass is 708 g/mol. The third-order valence-electron chi connectivity index (χ3n) is 9.01. The number of carboxylic acid groups (broad SMARTS) is 1. The molecule has 7 rings (SSSR count). The minimum Gasteiger partial charge on any atom is -0.491 e. The van der Waals surface area contributed by atoms with Crippen molar-refractivity contribution in [3.05, 3.63) is 79.8 Å². The van der Waals surface area contributed by atoms with Crippen LogP contribution in [0.1, 0.15) is 40.2 Å². The topological polar surface area (TPSA) is 125 Å². The highest BCUT2D eigenvalue weighted by atomic mass is 35.5. The quantitative estimate of drug-likeness (QED) is 0.190. The molecule has 0 amide bonds. The molecule has 1 aliphatic heterocycles. The molecule has 252 valence electrons. The number of ether oxygens (including phenoxy) is 1.